The summed E-state index contributed by atoms with van der Waals surface area (Å²) in [6, 6.07) is 147. The van der Waals surface area contributed by atoms with E-state index >= 15 is 0 Å². The third kappa shape index (κ3) is 16.3. The van der Waals surface area contributed by atoms with Crippen LogP contribution in [0.4, 0.5) is 68.2 Å². The van der Waals surface area contributed by atoms with Crippen molar-refractivity contribution in [3.63, 3.8) is 0 Å². The van der Waals surface area contributed by atoms with Crippen LogP contribution in [-0.2, 0) is 28.1 Å². The molecule has 610 valence electrons. The molecule has 0 spiro atoms. The predicted molar refractivity (Wildman–Crippen MR) is 535 cm³/mol. The number of aryl methyl sites for hydroxylation is 4. The molecule has 0 aliphatic carbocycles. The van der Waals surface area contributed by atoms with E-state index in [9.17, 15) is 0 Å². The van der Waals surface area contributed by atoms with Crippen LogP contribution in [0.25, 0.3) is 87.6 Å². The van der Waals surface area contributed by atoms with Crippen molar-refractivity contribution < 1.29 is 0 Å². The number of fused-ring (bicyclic) bond motifs is 4. The standard InChI is InChI=1S/C120H110N4/c1-81-35-55-97(56-36-81)121(98-57-37-82(2)38-58-98)113-105-71-43-90(86-29-21-16-22-30-86)78-110(105)114(106-72-44-89(77-109(106)113)85-27-19-15-20-28-85)122(99-59-39-83(3)40-60-99)100-61-41-84(42-62-100)75-76-120(13,14)96-53-69-104(70-54-96)124(103-67-51-95(52-68-103)119(10,11)12)116-108-74-46-91(87-31-23-17-24-32-87)79-111(108)115(107-73-45-92(80-112(107)116)88-33-25-18-26-34-88)123(101-63-47-93(48-64-101)117(4,5)6)102-65-49-94(50-66-102)118(7,8)9/h15-74,77-80H,75-76H2,1-14H3. The zero-order chi connectivity index (χ0) is 85.8. The fraction of sp³-hybridized carbons (Fsp3) is 0.167. The summed E-state index contributed by atoms with van der Waals surface area (Å²) in [6.07, 6.45) is 1.80. The minimum Gasteiger partial charge on any atom is -0.309 e. The third-order valence-electron chi connectivity index (χ3n) is 25.4. The van der Waals surface area contributed by atoms with Crippen molar-refractivity contribution in [3.8, 4) is 44.5 Å². The molecule has 0 fully saturated rings. The Morgan fingerprint density at radius 1 is 0.185 bits per heavy atom. The molecule has 0 atom stereocenters. The maximum Gasteiger partial charge on any atom is 0.0620 e. The van der Waals surface area contributed by atoms with Crippen LogP contribution in [0.5, 0.6) is 0 Å². The Morgan fingerprint density at radius 2 is 0.387 bits per heavy atom. The second kappa shape index (κ2) is 33.2. The van der Waals surface area contributed by atoms with E-state index in [0.29, 0.717) is 0 Å². The largest absolute Gasteiger partial charge is 0.309 e. The van der Waals surface area contributed by atoms with Crippen LogP contribution < -0.4 is 19.6 Å². The van der Waals surface area contributed by atoms with E-state index in [2.05, 4.69) is 505 Å². The molecule has 0 aliphatic rings. The maximum absolute atomic E-state index is 2.56. The van der Waals surface area contributed by atoms with Gasteiger partial charge in [-0.3, -0.25) is 0 Å². The first-order valence-electron chi connectivity index (χ1n) is 44.1. The molecule has 18 rings (SSSR count). The second-order valence-corrected chi connectivity index (χ2v) is 37.7. The van der Waals surface area contributed by atoms with Crippen LogP contribution in [0, 0.1) is 20.8 Å². The summed E-state index contributed by atoms with van der Waals surface area (Å²) >= 11 is 0. The van der Waals surface area contributed by atoms with Crippen molar-refractivity contribution in [1.82, 2.24) is 0 Å². The van der Waals surface area contributed by atoms with Gasteiger partial charge >= 0.3 is 0 Å². The average molecular weight is 1610 g/mol. The topological polar surface area (TPSA) is 13.0 Å². The van der Waals surface area contributed by atoms with E-state index in [-0.39, 0.29) is 21.7 Å². The van der Waals surface area contributed by atoms with Gasteiger partial charge in [-0.05, 0) is 249 Å². The minimum atomic E-state index is -0.219. The summed E-state index contributed by atoms with van der Waals surface area (Å²) in [6.45, 7) is 32.1. The average Bonchev–Trinajstić information content (AvgIpc) is 0.719. The molecule has 0 amide bonds. The SMILES string of the molecule is Cc1ccc(N(c2ccc(C)cc2)c2c3ccc(-c4ccccc4)cc3c(N(c3ccc(C)cc3)c3ccc(CCC(C)(C)c4ccc(N(c5ccc(C(C)(C)C)cc5)c5c6ccc(-c7ccccc7)cc6c(N(c6ccc(C(C)(C)C)cc6)c6ccc(C(C)(C)C)cc6)c6ccc(-c7ccccc7)cc56)cc4)cc3)c3ccc(-c4ccccc4)cc23)cc1. The summed E-state index contributed by atoms with van der Waals surface area (Å²) in [4.78, 5) is 10.1. The van der Waals surface area contributed by atoms with E-state index in [0.717, 1.165) is 152 Å². The molecule has 0 aliphatic heterocycles. The van der Waals surface area contributed by atoms with Crippen LogP contribution in [0.2, 0.25) is 0 Å². The van der Waals surface area contributed by atoms with Crippen LogP contribution in [0.15, 0.2) is 388 Å². The van der Waals surface area contributed by atoms with Crippen molar-refractivity contribution in [3.05, 3.63) is 433 Å². The van der Waals surface area contributed by atoms with Crippen LogP contribution in [0.3, 0.4) is 0 Å². The first-order valence-corrected chi connectivity index (χ1v) is 44.1. The van der Waals surface area contributed by atoms with E-state index in [1.54, 1.807) is 0 Å². The van der Waals surface area contributed by atoms with Gasteiger partial charge in [0, 0.05) is 88.6 Å². The van der Waals surface area contributed by atoms with Crippen molar-refractivity contribution >= 4 is 111 Å². The molecule has 0 unspecified atom stereocenters. The Balaban J connectivity index is 0.767. The molecular weight excluding hydrogens is 1500 g/mol. The summed E-state index contributed by atoms with van der Waals surface area (Å²) in [5.41, 5.74) is 32.2. The van der Waals surface area contributed by atoms with Gasteiger partial charge in [-0.1, -0.05) is 360 Å². The van der Waals surface area contributed by atoms with Crippen LogP contribution in [0.1, 0.15) is 127 Å². The minimum absolute atomic E-state index is 0.0368. The third-order valence-corrected chi connectivity index (χ3v) is 25.4. The van der Waals surface area contributed by atoms with Crippen molar-refractivity contribution in [2.24, 2.45) is 0 Å². The zero-order valence-corrected chi connectivity index (χ0v) is 74.2. The van der Waals surface area contributed by atoms with Gasteiger partial charge in [0.2, 0.25) is 0 Å². The summed E-state index contributed by atoms with van der Waals surface area (Å²) in [5.74, 6) is 0. The van der Waals surface area contributed by atoms with Crippen molar-refractivity contribution in [1.29, 1.82) is 0 Å². The molecule has 18 aromatic carbocycles. The van der Waals surface area contributed by atoms with Gasteiger partial charge in [-0.15, -0.1) is 0 Å². The molecule has 18 aromatic rings. The molecule has 0 saturated heterocycles. The van der Waals surface area contributed by atoms with Crippen LogP contribution >= 0.6 is 0 Å². The first kappa shape index (κ1) is 81.2. The lowest BCUT2D eigenvalue weighted by atomic mass is 9.79. The molecule has 0 bridgehead atoms. The Labute approximate surface area is 734 Å². The molecule has 0 N–H and O–H groups in total. The van der Waals surface area contributed by atoms with Gasteiger partial charge in [0.15, 0.2) is 0 Å². The Kier molecular flexibility index (Phi) is 21.8. The Bertz CT molecular complexity index is 6760. The highest BCUT2D eigenvalue weighted by atomic mass is 15.2. The van der Waals surface area contributed by atoms with Gasteiger partial charge in [-0.25, -0.2) is 0 Å². The number of hydrogen-bond donors (Lipinski definition) is 0. The van der Waals surface area contributed by atoms with E-state index in [1.807, 2.05) is 0 Å². The highest BCUT2D eigenvalue weighted by Crippen LogP contribution is 2.56. The second-order valence-electron chi connectivity index (χ2n) is 37.7. The fourth-order valence-electron chi connectivity index (χ4n) is 18.1. The predicted octanol–water partition coefficient (Wildman–Crippen LogP) is 34.6. The molecule has 0 heterocycles. The number of nitrogens with zero attached hydrogens (tertiary/aromatic N) is 4. The molecule has 0 saturated carbocycles. The quantitative estimate of drug-likeness (QED) is 0.0557. The number of anilines is 12. The highest BCUT2D eigenvalue weighted by Gasteiger charge is 2.32. The molecule has 124 heavy (non-hydrogen) atoms. The van der Waals surface area contributed by atoms with E-state index in [1.165, 1.54) is 61.2 Å². The molecule has 4 nitrogen and oxygen atoms in total. The lowest BCUT2D eigenvalue weighted by Gasteiger charge is -2.34. The maximum atomic E-state index is 2.56. The number of benzene rings is 18. The van der Waals surface area contributed by atoms with E-state index < -0.39 is 0 Å². The Hall–Kier alpha value is -13.8. The molecule has 4 heteroatoms. The van der Waals surface area contributed by atoms with Gasteiger partial charge in [0.25, 0.3) is 0 Å². The van der Waals surface area contributed by atoms with Gasteiger partial charge in [-0.2, -0.15) is 0 Å². The molecular formula is C120H110N4. The first-order chi connectivity index (χ1) is 59.8. The van der Waals surface area contributed by atoms with E-state index in [4.69, 9.17) is 0 Å². The van der Waals surface area contributed by atoms with Gasteiger partial charge < -0.3 is 19.6 Å². The van der Waals surface area contributed by atoms with Crippen molar-refractivity contribution in [2.75, 3.05) is 19.6 Å². The summed E-state index contributed by atoms with van der Waals surface area (Å²) in [5, 5.41) is 9.15. The Morgan fingerprint density at radius 3 is 0.605 bits per heavy atom. The highest BCUT2D eigenvalue weighted by molar-refractivity contribution is 6.26. The molecule has 0 aromatic heterocycles. The van der Waals surface area contributed by atoms with Gasteiger partial charge in [0.1, 0.15) is 0 Å². The summed E-state index contributed by atoms with van der Waals surface area (Å²) < 4.78 is 0. The number of rotatable bonds is 20. The lowest BCUT2D eigenvalue weighted by Crippen LogP contribution is -2.19. The fourth-order valence-corrected chi connectivity index (χ4v) is 18.1. The molecule has 0 radical (unpaired) electrons. The zero-order valence-electron chi connectivity index (χ0n) is 74.2. The van der Waals surface area contributed by atoms with Crippen LogP contribution in [-0.4, -0.2) is 0 Å². The van der Waals surface area contributed by atoms with Crippen molar-refractivity contribution in [2.45, 2.75) is 131 Å². The summed E-state index contributed by atoms with van der Waals surface area (Å²) in [7, 11) is 0. The lowest BCUT2D eigenvalue weighted by molar-refractivity contribution is 0.480. The monoisotopic (exact) mass is 1610 g/mol. The normalized spacial score (nSPS) is 12.0. The number of hydrogen-bond acceptors (Lipinski definition) is 4. The smallest absolute Gasteiger partial charge is 0.0620 e. The van der Waals surface area contributed by atoms with Gasteiger partial charge in [0.05, 0.1) is 22.7 Å².